The highest BCUT2D eigenvalue weighted by Gasteiger charge is 2.22. The molecular formula is C14H16O4. The molecule has 1 heterocycles. The third-order valence-electron chi connectivity index (χ3n) is 2.74. The summed E-state index contributed by atoms with van der Waals surface area (Å²) in [5.41, 5.74) is 1.42. The van der Waals surface area contributed by atoms with E-state index in [-0.39, 0.29) is 6.10 Å². The fourth-order valence-corrected chi connectivity index (χ4v) is 1.43. The maximum absolute atomic E-state index is 10.6. The van der Waals surface area contributed by atoms with Gasteiger partial charge in [-0.3, -0.25) is 0 Å². The van der Waals surface area contributed by atoms with Crippen LogP contribution in [0.2, 0.25) is 0 Å². The van der Waals surface area contributed by atoms with Gasteiger partial charge in [0, 0.05) is 5.57 Å². The fourth-order valence-electron chi connectivity index (χ4n) is 1.43. The standard InChI is InChI=1S/C14H16O4/c1-10(14(15)16)2-3-11-4-6-12(7-5-11)17-8-13-9-18-13/h2,4-7,13H,3,8-9H2,1H3,(H,15,16). The lowest BCUT2D eigenvalue weighted by Gasteiger charge is -2.04. The van der Waals surface area contributed by atoms with Crippen LogP contribution < -0.4 is 4.74 Å². The van der Waals surface area contributed by atoms with E-state index in [1.807, 2.05) is 24.3 Å². The minimum absolute atomic E-state index is 0.255. The predicted octanol–water partition coefficient (Wildman–Crippen LogP) is 2.04. The summed E-state index contributed by atoms with van der Waals surface area (Å²) in [4.78, 5) is 10.6. The lowest BCUT2D eigenvalue weighted by Crippen LogP contribution is -2.03. The number of hydrogen-bond donors (Lipinski definition) is 1. The Kier molecular flexibility index (Phi) is 3.99. The minimum Gasteiger partial charge on any atom is -0.491 e. The predicted molar refractivity (Wildman–Crippen MR) is 66.8 cm³/mol. The lowest BCUT2D eigenvalue weighted by atomic mass is 10.1. The minimum atomic E-state index is -0.876. The molecule has 2 rings (SSSR count). The summed E-state index contributed by atoms with van der Waals surface area (Å²) in [5, 5.41) is 8.73. The molecule has 4 heteroatoms. The number of allylic oxidation sites excluding steroid dienone is 1. The van der Waals surface area contributed by atoms with Crippen molar-refractivity contribution in [1.29, 1.82) is 0 Å². The van der Waals surface area contributed by atoms with E-state index in [1.165, 1.54) is 0 Å². The van der Waals surface area contributed by atoms with Crippen LogP contribution in [-0.4, -0.2) is 30.4 Å². The number of ether oxygens (including phenoxy) is 2. The highest BCUT2D eigenvalue weighted by molar-refractivity contribution is 5.85. The van der Waals surface area contributed by atoms with Crippen molar-refractivity contribution in [3.63, 3.8) is 0 Å². The number of epoxide rings is 1. The first kappa shape index (κ1) is 12.6. The first-order valence-corrected chi connectivity index (χ1v) is 5.88. The molecule has 1 atom stereocenters. The van der Waals surface area contributed by atoms with Crippen LogP contribution >= 0.6 is 0 Å². The third-order valence-corrected chi connectivity index (χ3v) is 2.74. The summed E-state index contributed by atoms with van der Waals surface area (Å²) in [5.74, 6) is -0.0624. The number of hydrogen-bond acceptors (Lipinski definition) is 3. The third kappa shape index (κ3) is 3.89. The zero-order chi connectivity index (χ0) is 13.0. The van der Waals surface area contributed by atoms with Crippen LogP contribution in [0.15, 0.2) is 35.9 Å². The Morgan fingerprint density at radius 3 is 2.72 bits per heavy atom. The Hall–Kier alpha value is -1.81. The Bertz CT molecular complexity index is 443. The van der Waals surface area contributed by atoms with Gasteiger partial charge in [-0.2, -0.15) is 0 Å². The summed E-state index contributed by atoms with van der Waals surface area (Å²) >= 11 is 0. The van der Waals surface area contributed by atoms with Crippen molar-refractivity contribution in [2.75, 3.05) is 13.2 Å². The smallest absolute Gasteiger partial charge is 0.330 e. The van der Waals surface area contributed by atoms with Crippen molar-refractivity contribution in [2.24, 2.45) is 0 Å². The Morgan fingerprint density at radius 1 is 1.50 bits per heavy atom. The summed E-state index contributed by atoms with van der Waals surface area (Å²) in [6, 6.07) is 7.66. The van der Waals surface area contributed by atoms with Crippen molar-refractivity contribution in [3.05, 3.63) is 41.5 Å². The molecule has 0 aromatic heterocycles. The first-order valence-electron chi connectivity index (χ1n) is 5.88. The maximum atomic E-state index is 10.6. The fraction of sp³-hybridized carbons (Fsp3) is 0.357. The molecule has 0 radical (unpaired) electrons. The molecule has 4 nitrogen and oxygen atoms in total. The van der Waals surface area contributed by atoms with Gasteiger partial charge in [0.05, 0.1) is 6.61 Å². The molecule has 1 aliphatic rings. The molecule has 1 aromatic rings. The molecule has 1 aliphatic heterocycles. The molecule has 1 saturated heterocycles. The molecule has 96 valence electrons. The molecule has 0 bridgehead atoms. The van der Waals surface area contributed by atoms with E-state index in [0.717, 1.165) is 17.9 Å². The van der Waals surface area contributed by atoms with Crippen LogP contribution in [0, 0.1) is 0 Å². The monoisotopic (exact) mass is 248 g/mol. The zero-order valence-corrected chi connectivity index (χ0v) is 10.3. The number of carbonyl (C=O) groups is 1. The number of carboxylic acids is 1. The average molecular weight is 248 g/mol. The number of aliphatic carboxylic acids is 1. The quantitative estimate of drug-likeness (QED) is 0.618. The molecule has 0 saturated carbocycles. The SMILES string of the molecule is CC(=CCc1ccc(OCC2CO2)cc1)C(=O)O. The second kappa shape index (κ2) is 5.69. The van der Waals surface area contributed by atoms with E-state index < -0.39 is 5.97 Å². The van der Waals surface area contributed by atoms with Crippen LogP contribution in [0.25, 0.3) is 0 Å². The maximum Gasteiger partial charge on any atom is 0.330 e. The van der Waals surface area contributed by atoms with Crippen molar-refractivity contribution < 1.29 is 19.4 Å². The van der Waals surface area contributed by atoms with E-state index in [1.54, 1.807) is 13.0 Å². The Morgan fingerprint density at radius 2 is 2.17 bits per heavy atom. The van der Waals surface area contributed by atoms with Crippen LogP contribution in [0.3, 0.4) is 0 Å². The Labute approximate surface area is 106 Å². The van der Waals surface area contributed by atoms with Gasteiger partial charge in [-0.25, -0.2) is 4.79 Å². The average Bonchev–Trinajstić information content (AvgIpc) is 3.18. The van der Waals surface area contributed by atoms with Crippen LogP contribution in [0.4, 0.5) is 0 Å². The molecule has 0 spiro atoms. The lowest BCUT2D eigenvalue weighted by molar-refractivity contribution is -0.132. The van der Waals surface area contributed by atoms with E-state index in [2.05, 4.69) is 0 Å². The van der Waals surface area contributed by atoms with Crippen molar-refractivity contribution in [1.82, 2.24) is 0 Å². The van der Waals surface area contributed by atoms with Crippen LogP contribution in [0.5, 0.6) is 5.75 Å². The van der Waals surface area contributed by atoms with Gasteiger partial charge >= 0.3 is 5.97 Å². The van der Waals surface area contributed by atoms with Gasteiger partial charge in [0.25, 0.3) is 0 Å². The second-order valence-electron chi connectivity index (χ2n) is 4.31. The number of carboxylic acid groups (broad SMARTS) is 1. The normalized spacial score (nSPS) is 18.5. The first-order chi connectivity index (χ1) is 8.65. The molecular weight excluding hydrogens is 232 g/mol. The van der Waals surface area contributed by atoms with E-state index in [4.69, 9.17) is 14.6 Å². The van der Waals surface area contributed by atoms with Gasteiger partial charge in [0.1, 0.15) is 18.5 Å². The molecule has 1 N–H and O–H groups in total. The van der Waals surface area contributed by atoms with E-state index >= 15 is 0 Å². The molecule has 1 fully saturated rings. The van der Waals surface area contributed by atoms with E-state index in [0.29, 0.717) is 18.6 Å². The summed E-state index contributed by atoms with van der Waals surface area (Å²) in [6.45, 7) is 2.98. The highest BCUT2D eigenvalue weighted by Crippen LogP contribution is 2.16. The van der Waals surface area contributed by atoms with Gasteiger partial charge < -0.3 is 14.6 Å². The zero-order valence-electron chi connectivity index (χ0n) is 10.3. The number of rotatable bonds is 6. The summed E-state index contributed by atoms with van der Waals surface area (Å²) < 4.78 is 10.6. The molecule has 0 aliphatic carbocycles. The van der Waals surface area contributed by atoms with Crippen LogP contribution in [0.1, 0.15) is 12.5 Å². The topological polar surface area (TPSA) is 59.1 Å². The largest absolute Gasteiger partial charge is 0.491 e. The van der Waals surface area contributed by atoms with Gasteiger partial charge in [0.15, 0.2) is 0 Å². The van der Waals surface area contributed by atoms with Gasteiger partial charge in [-0.1, -0.05) is 18.2 Å². The highest BCUT2D eigenvalue weighted by atomic mass is 16.6. The van der Waals surface area contributed by atoms with Gasteiger partial charge in [-0.15, -0.1) is 0 Å². The molecule has 1 aromatic carbocycles. The summed E-state index contributed by atoms with van der Waals surface area (Å²) in [6.07, 6.45) is 2.58. The molecule has 18 heavy (non-hydrogen) atoms. The van der Waals surface area contributed by atoms with Crippen molar-refractivity contribution >= 4 is 5.97 Å². The molecule has 0 amide bonds. The van der Waals surface area contributed by atoms with Crippen molar-refractivity contribution in [3.8, 4) is 5.75 Å². The van der Waals surface area contributed by atoms with Gasteiger partial charge in [0.2, 0.25) is 0 Å². The summed E-state index contributed by atoms with van der Waals surface area (Å²) in [7, 11) is 0. The molecule has 1 unspecified atom stereocenters. The second-order valence-corrected chi connectivity index (χ2v) is 4.31. The van der Waals surface area contributed by atoms with Crippen molar-refractivity contribution in [2.45, 2.75) is 19.4 Å². The van der Waals surface area contributed by atoms with Gasteiger partial charge in [-0.05, 0) is 31.0 Å². The number of benzene rings is 1. The Balaban J connectivity index is 1.86. The van der Waals surface area contributed by atoms with E-state index in [9.17, 15) is 4.79 Å². The van der Waals surface area contributed by atoms with Crippen LogP contribution in [-0.2, 0) is 16.0 Å².